The second-order valence-corrected chi connectivity index (χ2v) is 5.30. The van der Waals surface area contributed by atoms with Crippen LogP contribution >= 0.6 is 11.8 Å². The number of carboxylic acid groups (broad SMARTS) is 1. The van der Waals surface area contributed by atoms with Crippen LogP contribution < -0.4 is 0 Å². The number of thioether (sulfide) groups is 1. The normalized spacial score (nSPS) is 11.4. The molecule has 4 heteroatoms. The van der Waals surface area contributed by atoms with Gasteiger partial charge in [0.1, 0.15) is 0 Å². The maximum atomic E-state index is 10.5. The molecule has 1 heterocycles. The van der Waals surface area contributed by atoms with Crippen molar-refractivity contribution in [1.82, 2.24) is 4.98 Å². The van der Waals surface area contributed by atoms with E-state index in [0.717, 1.165) is 10.6 Å². The van der Waals surface area contributed by atoms with Crippen molar-refractivity contribution in [3.63, 3.8) is 0 Å². The Hall–Kier alpha value is -1.03. The van der Waals surface area contributed by atoms with Crippen molar-refractivity contribution in [1.29, 1.82) is 0 Å². The summed E-state index contributed by atoms with van der Waals surface area (Å²) < 4.78 is 0. The van der Waals surface area contributed by atoms with Crippen molar-refractivity contribution < 1.29 is 9.90 Å². The highest BCUT2D eigenvalue weighted by molar-refractivity contribution is 8.00. The first-order valence-electron chi connectivity index (χ1n) is 4.71. The van der Waals surface area contributed by atoms with E-state index in [1.54, 1.807) is 6.20 Å². The van der Waals surface area contributed by atoms with Crippen LogP contribution in [0.4, 0.5) is 0 Å². The fourth-order valence-corrected chi connectivity index (χ4v) is 2.16. The molecule has 0 unspecified atom stereocenters. The lowest BCUT2D eigenvalue weighted by Gasteiger charge is -2.20. The Bertz CT molecular complexity index is 358. The molecule has 0 saturated heterocycles. The summed E-state index contributed by atoms with van der Waals surface area (Å²) in [5.74, 6) is -0.724. The van der Waals surface area contributed by atoms with Gasteiger partial charge in [-0.2, -0.15) is 0 Å². The minimum Gasteiger partial charge on any atom is -0.481 e. The first kappa shape index (κ1) is 12.0. The lowest BCUT2D eigenvalue weighted by Crippen LogP contribution is -2.15. The summed E-state index contributed by atoms with van der Waals surface area (Å²) in [5, 5.41) is 8.63. The van der Waals surface area contributed by atoms with Crippen LogP contribution in [0, 0.1) is 0 Å². The standard InChI is InChI=1S/C11H15NO2S/c1-11(2,3)10-8(5-4-6-12-10)15-7-9(13)14/h4-6H,7H2,1-3H3,(H,13,14). The Kier molecular flexibility index (Phi) is 3.74. The monoisotopic (exact) mass is 225 g/mol. The minimum atomic E-state index is -0.802. The van der Waals surface area contributed by atoms with E-state index in [4.69, 9.17) is 5.11 Å². The van der Waals surface area contributed by atoms with Gasteiger partial charge in [-0.3, -0.25) is 9.78 Å². The molecule has 0 aliphatic rings. The smallest absolute Gasteiger partial charge is 0.313 e. The maximum absolute atomic E-state index is 10.5. The highest BCUT2D eigenvalue weighted by Crippen LogP contribution is 2.30. The fourth-order valence-electron chi connectivity index (χ4n) is 1.21. The number of rotatable bonds is 3. The predicted molar refractivity (Wildman–Crippen MR) is 61.3 cm³/mol. The number of carboxylic acids is 1. The van der Waals surface area contributed by atoms with Gasteiger partial charge in [0.15, 0.2) is 0 Å². The summed E-state index contributed by atoms with van der Waals surface area (Å²) in [7, 11) is 0. The van der Waals surface area contributed by atoms with Crippen molar-refractivity contribution in [2.45, 2.75) is 31.1 Å². The number of aliphatic carboxylic acids is 1. The SMILES string of the molecule is CC(C)(C)c1ncccc1SCC(=O)O. The molecule has 0 amide bonds. The van der Waals surface area contributed by atoms with E-state index in [0.29, 0.717) is 0 Å². The van der Waals surface area contributed by atoms with Gasteiger partial charge < -0.3 is 5.11 Å². The van der Waals surface area contributed by atoms with E-state index in [9.17, 15) is 4.79 Å². The highest BCUT2D eigenvalue weighted by Gasteiger charge is 2.19. The minimum absolute atomic E-state index is 0.0535. The van der Waals surface area contributed by atoms with Crippen LogP contribution in [0.3, 0.4) is 0 Å². The van der Waals surface area contributed by atoms with E-state index < -0.39 is 5.97 Å². The van der Waals surface area contributed by atoms with Crippen molar-refractivity contribution in [3.8, 4) is 0 Å². The first-order valence-corrected chi connectivity index (χ1v) is 5.70. The fraction of sp³-hybridized carbons (Fsp3) is 0.455. The zero-order valence-corrected chi connectivity index (χ0v) is 9.97. The molecule has 3 nitrogen and oxygen atoms in total. The number of hydrogen-bond acceptors (Lipinski definition) is 3. The number of aromatic nitrogens is 1. The van der Waals surface area contributed by atoms with Crippen molar-refractivity contribution >= 4 is 17.7 Å². The second kappa shape index (κ2) is 4.66. The van der Waals surface area contributed by atoms with Gasteiger partial charge in [0.2, 0.25) is 0 Å². The van der Waals surface area contributed by atoms with Gasteiger partial charge in [-0.15, -0.1) is 11.8 Å². The molecule has 1 rings (SSSR count). The third kappa shape index (κ3) is 3.55. The summed E-state index contributed by atoms with van der Waals surface area (Å²) in [4.78, 5) is 15.8. The van der Waals surface area contributed by atoms with Gasteiger partial charge in [-0.25, -0.2) is 0 Å². The Morgan fingerprint density at radius 2 is 2.20 bits per heavy atom. The summed E-state index contributed by atoms with van der Waals surface area (Å²) in [6.45, 7) is 6.21. The summed E-state index contributed by atoms with van der Waals surface area (Å²) >= 11 is 1.32. The van der Waals surface area contributed by atoms with Crippen molar-refractivity contribution in [3.05, 3.63) is 24.0 Å². The Morgan fingerprint density at radius 1 is 1.53 bits per heavy atom. The van der Waals surface area contributed by atoms with Crippen molar-refractivity contribution in [2.75, 3.05) is 5.75 Å². The topological polar surface area (TPSA) is 50.2 Å². The van der Waals surface area contributed by atoms with Crippen LogP contribution in [0.15, 0.2) is 23.2 Å². The number of carbonyl (C=O) groups is 1. The van der Waals surface area contributed by atoms with Gasteiger partial charge in [0.25, 0.3) is 0 Å². The molecule has 0 radical (unpaired) electrons. The molecule has 1 aromatic heterocycles. The van der Waals surface area contributed by atoms with Gasteiger partial charge in [-0.05, 0) is 12.1 Å². The quantitative estimate of drug-likeness (QED) is 0.803. The molecule has 0 bridgehead atoms. The number of nitrogens with zero attached hydrogens (tertiary/aromatic N) is 1. The van der Waals surface area contributed by atoms with E-state index in [1.807, 2.05) is 12.1 Å². The second-order valence-electron chi connectivity index (χ2n) is 4.28. The molecule has 0 saturated carbocycles. The molecule has 82 valence electrons. The van der Waals surface area contributed by atoms with Crippen LogP contribution in [-0.2, 0) is 10.2 Å². The van der Waals surface area contributed by atoms with E-state index in [2.05, 4.69) is 25.8 Å². The van der Waals surface area contributed by atoms with Gasteiger partial charge in [-0.1, -0.05) is 20.8 Å². The average molecular weight is 225 g/mol. The molecule has 0 aliphatic heterocycles. The number of pyridine rings is 1. The molecular weight excluding hydrogens is 210 g/mol. The molecule has 1 aromatic rings. The molecule has 0 aliphatic carbocycles. The van der Waals surface area contributed by atoms with Crippen LogP contribution in [0.25, 0.3) is 0 Å². The predicted octanol–water partition coefficient (Wildman–Crippen LogP) is 2.56. The Balaban J connectivity index is 2.92. The van der Waals surface area contributed by atoms with Crippen LogP contribution in [0.1, 0.15) is 26.5 Å². The lowest BCUT2D eigenvalue weighted by atomic mass is 9.92. The summed E-state index contributed by atoms with van der Waals surface area (Å²) in [5.41, 5.74) is 0.901. The van der Waals surface area contributed by atoms with Crippen LogP contribution in [0.2, 0.25) is 0 Å². The lowest BCUT2D eigenvalue weighted by molar-refractivity contribution is -0.133. The Labute approximate surface area is 93.9 Å². The van der Waals surface area contributed by atoms with Gasteiger partial charge in [0.05, 0.1) is 11.4 Å². The highest BCUT2D eigenvalue weighted by atomic mass is 32.2. The first-order chi connectivity index (χ1) is 6.91. The molecule has 0 fully saturated rings. The van der Waals surface area contributed by atoms with E-state index in [-0.39, 0.29) is 11.2 Å². The molecule has 1 N–H and O–H groups in total. The van der Waals surface area contributed by atoms with Crippen LogP contribution in [0.5, 0.6) is 0 Å². The third-order valence-corrected chi connectivity index (χ3v) is 2.86. The molecule has 0 spiro atoms. The van der Waals surface area contributed by atoms with Gasteiger partial charge in [0, 0.05) is 16.5 Å². The molecular formula is C11H15NO2S. The molecule has 0 aromatic carbocycles. The largest absolute Gasteiger partial charge is 0.481 e. The maximum Gasteiger partial charge on any atom is 0.313 e. The van der Waals surface area contributed by atoms with Crippen LogP contribution in [-0.4, -0.2) is 21.8 Å². The average Bonchev–Trinajstić information content (AvgIpc) is 2.13. The zero-order chi connectivity index (χ0) is 11.5. The van der Waals surface area contributed by atoms with E-state index >= 15 is 0 Å². The van der Waals surface area contributed by atoms with Gasteiger partial charge >= 0.3 is 5.97 Å². The van der Waals surface area contributed by atoms with Crippen molar-refractivity contribution in [2.24, 2.45) is 0 Å². The summed E-state index contributed by atoms with van der Waals surface area (Å²) in [6.07, 6.45) is 1.74. The summed E-state index contributed by atoms with van der Waals surface area (Å²) in [6, 6.07) is 3.75. The Morgan fingerprint density at radius 3 is 2.73 bits per heavy atom. The third-order valence-electron chi connectivity index (χ3n) is 1.83. The molecule has 0 atom stereocenters. The zero-order valence-electron chi connectivity index (χ0n) is 9.15. The molecule has 15 heavy (non-hydrogen) atoms. The van der Waals surface area contributed by atoms with E-state index in [1.165, 1.54) is 11.8 Å². The number of hydrogen-bond donors (Lipinski definition) is 1.